The fraction of sp³-hybridized carbons (Fsp3) is 0.636. The molecule has 0 N–H and O–H groups in total. The van der Waals surface area contributed by atoms with Gasteiger partial charge in [0, 0.05) is 39.5 Å². The van der Waals surface area contributed by atoms with Gasteiger partial charge in [-0.15, -0.1) is 5.10 Å². The van der Waals surface area contributed by atoms with Crippen LogP contribution in [0.1, 0.15) is 40.6 Å². The quantitative estimate of drug-likeness (QED) is 0.615. The molecule has 2 aliphatic rings. The van der Waals surface area contributed by atoms with Crippen LogP contribution >= 0.6 is 0 Å². The van der Waals surface area contributed by atoms with E-state index in [2.05, 4.69) is 31.3 Å². The molecule has 2 aromatic rings. The summed E-state index contributed by atoms with van der Waals surface area (Å²) in [7, 11) is 7.24. The molecule has 0 bridgehead atoms. The number of carbonyl (C=O) groups excluding carboxylic acids is 1. The summed E-state index contributed by atoms with van der Waals surface area (Å²) < 4.78 is 12.6. The van der Waals surface area contributed by atoms with Crippen molar-refractivity contribution < 1.29 is 14.3 Å². The molecular weight excluding hydrogens is 396 g/mol. The number of hydrogen-bond donors (Lipinski definition) is 0. The van der Waals surface area contributed by atoms with E-state index >= 15 is 0 Å². The molecule has 9 heteroatoms. The zero-order valence-electron chi connectivity index (χ0n) is 18.8. The van der Waals surface area contributed by atoms with Crippen molar-refractivity contribution in [3.05, 3.63) is 41.5 Å². The van der Waals surface area contributed by atoms with Crippen LogP contribution in [0.3, 0.4) is 0 Å². The first kappa shape index (κ1) is 21.9. The summed E-state index contributed by atoms with van der Waals surface area (Å²) >= 11 is 0. The van der Waals surface area contributed by atoms with Gasteiger partial charge >= 0.3 is 5.97 Å². The summed E-state index contributed by atoms with van der Waals surface area (Å²) in [5.41, 5.74) is 2.43. The Morgan fingerprint density at radius 3 is 2.61 bits per heavy atom. The molecule has 168 valence electrons. The van der Waals surface area contributed by atoms with E-state index in [4.69, 9.17) is 9.47 Å². The molecule has 4 atom stereocenters. The van der Waals surface area contributed by atoms with Crippen molar-refractivity contribution in [1.82, 2.24) is 29.8 Å². The fourth-order valence-electron chi connectivity index (χ4n) is 5.02. The van der Waals surface area contributed by atoms with Gasteiger partial charge in [-0.25, -0.2) is 14.5 Å². The highest BCUT2D eigenvalue weighted by atomic mass is 16.5. The number of methoxy groups -OCH3 is 2. The van der Waals surface area contributed by atoms with Crippen molar-refractivity contribution in [3.8, 4) is 0 Å². The van der Waals surface area contributed by atoms with E-state index in [9.17, 15) is 4.79 Å². The van der Waals surface area contributed by atoms with Gasteiger partial charge in [0.1, 0.15) is 5.69 Å². The lowest BCUT2D eigenvalue weighted by molar-refractivity contribution is -0.00547. The average Bonchev–Trinajstić information content (AvgIpc) is 3.38. The highest BCUT2D eigenvalue weighted by molar-refractivity contribution is 5.86. The summed E-state index contributed by atoms with van der Waals surface area (Å²) in [4.78, 5) is 20.4. The summed E-state index contributed by atoms with van der Waals surface area (Å²) in [5.74, 6) is 0.825. The van der Waals surface area contributed by atoms with Crippen LogP contribution in [0.2, 0.25) is 0 Å². The molecule has 2 fully saturated rings. The normalized spacial score (nSPS) is 26.2. The largest absolute Gasteiger partial charge is 0.464 e. The number of ether oxygens (including phenoxy) is 2. The van der Waals surface area contributed by atoms with Crippen molar-refractivity contribution in [2.75, 3.05) is 41.4 Å². The van der Waals surface area contributed by atoms with Crippen LogP contribution in [0.5, 0.6) is 0 Å². The molecular formula is C22H32N6O3. The van der Waals surface area contributed by atoms with Gasteiger partial charge in [0.25, 0.3) is 0 Å². The van der Waals surface area contributed by atoms with E-state index in [0.717, 1.165) is 50.3 Å². The molecule has 1 saturated carbocycles. The van der Waals surface area contributed by atoms with Crippen LogP contribution in [0.4, 0.5) is 0 Å². The molecule has 0 spiro atoms. The number of pyridine rings is 1. The SMILES string of the molecule is COC(=O)c1ccc(CN2C[C@H]3C[C@@H](n4cc(CN(C)C)nn4)[C@H](OC)C[C@H]3C2)cn1. The Balaban J connectivity index is 1.39. The standard InChI is InChI=1S/C22H32N6O3/c1-26(2)13-18-14-28(25-24-18)20-7-16-11-27(12-17(16)8-21(20)30-3)10-15-5-6-19(23-9-15)22(29)31-4/h5-6,9,14,16-17,20-21H,7-8,10-13H2,1-4H3/t16-,17+,20-,21-/m1/s1. The highest BCUT2D eigenvalue weighted by Crippen LogP contribution is 2.42. The molecule has 3 heterocycles. The van der Waals surface area contributed by atoms with Gasteiger partial charge in [-0.05, 0) is 50.4 Å². The van der Waals surface area contributed by atoms with Crippen molar-refractivity contribution in [1.29, 1.82) is 0 Å². The fourth-order valence-corrected chi connectivity index (χ4v) is 5.02. The van der Waals surface area contributed by atoms with E-state index < -0.39 is 5.97 Å². The van der Waals surface area contributed by atoms with Gasteiger partial charge < -0.3 is 14.4 Å². The molecule has 31 heavy (non-hydrogen) atoms. The molecule has 0 amide bonds. The molecule has 9 nitrogen and oxygen atoms in total. The van der Waals surface area contributed by atoms with Gasteiger partial charge in [0.05, 0.1) is 31.1 Å². The monoisotopic (exact) mass is 428 g/mol. The molecule has 1 aliphatic heterocycles. The van der Waals surface area contributed by atoms with Gasteiger partial charge in [-0.1, -0.05) is 11.3 Å². The van der Waals surface area contributed by atoms with Crippen molar-refractivity contribution >= 4 is 5.97 Å². The van der Waals surface area contributed by atoms with Gasteiger partial charge in [0.2, 0.25) is 0 Å². The lowest BCUT2D eigenvalue weighted by atomic mass is 9.77. The van der Waals surface area contributed by atoms with E-state index in [1.807, 2.05) is 24.8 Å². The van der Waals surface area contributed by atoms with Crippen LogP contribution < -0.4 is 0 Å². The Kier molecular flexibility index (Phi) is 6.64. The van der Waals surface area contributed by atoms with Gasteiger partial charge in [0.15, 0.2) is 0 Å². The van der Waals surface area contributed by atoms with E-state index in [0.29, 0.717) is 17.5 Å². The van der Waals surface area contributed by atoms with E-state index in [1.54, 1.807) is 19.4 Å². The zero-order valence-corrected chi connectivity index (χ0v) is 18.8. The predicted molar refractivity (Wildman–Crippen MR) is 114 cm³/mol. The Bertz CT molecular complexity index is 884. The molecule has 1 aliphatic carbocycles. The molecule has 0 radical (unpaired) electrons. The second-order valence-electron chi connectivity index (χ2n) is 9.00. The Hall–Kier alpha value is -2.36. The zero-order chi connectivity index (χ0) is 22.0. The number of fused-ring (bicyclic) bond motifs is 1. The smallest absolute Gasteiger partial charge is 0.356 e. The highest BCUT2D eigenvalue weighted by Gasteiger charge is 2.43. The van der Waals surface area contributed by atoms with Crippen LogP contribution in [-0.2, 0) is 22.6 Å². The lowest BCUT2D eigenvalue weighted by Crippen LogP contribution is -2.37. The third-order valence-corrected chi connectivity index (χ3v) is 6.46. The second kappa shape index (κ2) is 9.42. The van der Waals surface area contributed by atoms with E-state index in [-0.39, 0.29) is 12.1 Å². The number of nitrogens with zero attached hydrogens (tertiary/aromatic N) is 6. The molecule has 2 aromatic heterocycles. The lowest BCUT2D eigenvalue weighted by Gasteiger charge is -2.37. The number of likely N-dealkylation sites (tertiary alicyclic amines) is 1. The van der Waals surface area contributed by atoms with Crippen molar-refractivity contribution in [2.45, 2.75) is 38.1 Å². The number of carbonyl (C=O) groups is 1. The maximum Gasteiger partial charge on any atom is 0.356 e. The predicted octanol–water partition coefficient (Wildman–Crippen LogP) is 1.62. The Morgan fingerprint density at radius 2 is 1.97 bits per heavy atom. The molecule has 0 aromatic carbocycles. The van der Waals surface area contributed by atoms with Gasteiger partial charge in [-0.2, -0.15) is 0 Å². The maximum atomic E-state index is 11.6. The first-order valence-electron chi connectivity index (χ1n) is 10.8. The Labute approximate surface area is 183 Å². The minimum Gasteiger partial charge on any atom is -0.464 e. The minimum atomic E-state index is -0.405. The van der Waals surface area contributed by atoms with Crippen molar-refractivity contribution in [3.63, 3.8) is 0 Å². The van der Waals surface area contributed by atoms with E-state index in [1.165, 1.54) is 7.11 Å². The third kappa shape index (κ3) is 4.94. The van der Waals surface area contributed by atoms with Gasteiger partial charge in [-0.3, -0.25) is 4.90 Å². The summed E-state index contributed by atoms with van der Waals surface area (Å²) in [6.07, 6.45) is 6.07. The minimum absolute atomic E-state index is 0.149. The number of aromatic nitrogens is 4. The summed E-state index contributed by atoms with van der Waals surface area (Å²) in [5, 5.41) is 8.77. The number of rotatable bonds is 7. The Morgan fingerprint density at radius 1 is 1.19 bits per heavy atom. The second-order valence-corrected chi connectivity index (χ2v) is 9.00. The van der Waals surface area contributed by atoms with Crippen LogP contribution in [0.15, 0.2) is 24.5 Å². The summed E-state index contributed by atoms with van der Waals surface area (Å²) in [6, 6.07) is 3.91. The topological polar surface area (TPSA) is 85.6 Å². The third-order valence-electron chi connectivity index (χ3n) is 6.46. The first-order chi connectivity index (χ1) is 15.0. The van der Waals surface area contributed by atoms with Crippen molar-refractivity contribution in [2.24, 2.45) is 11.8 Å². The first-order valence-corrected chi connectivity index (χ1v) is 10.8. The number of esters is 1. The number of hydrogen-bond acceptors (Lipinski definition) is 8. The molecule has 0 unspecified atom stereocenters. The van der Waals surface area contributed by atoms with Crippen LogP contribution in [-0.4, -0.2) is 83.3 Å². The van der Waals surface area contributed by atoms with Crippen LogP contribution in [0.25, 0.3) is 0 Å². The molecule has 4 rings (SSSR count). The van der Waals surface area contributed by atoms with Crippen LogP contribution in [0, 0.1) is 11.8 Å². The summed E-state index contributed by atoms with van der Waals surface area (Å²) in [6.45, 7) is 3.72. The molecule has 1 saturated heterocycles. The average molecular weight is 429 g/mol. The maximum absolute atomic E-state index is 11.6.